The minimum Gasteiger partial charge on any atom is -0.335 e. The number of amides is 2. The number of piperidine rings is 1. The summed E-state index contributed by atoms with van der Waals surface area (Å²) in [6, 6.07) is 5.82. The van der Waals surface area contributed by atoms with E-state index >= 15 is 0 Å². The van der Waals surface area contributed by atoms with E-state index in [4.69, 9.17) is 11.6 Å². The van der Waals surface area contributed by atoms with Gasteiger partial charge < -0.3 is 10.2 Å². The maximum atomic E-state index is 13.3. The predicted molar refractivity (Wildman–Crippen MR) is 112 cm³/mol. The standard InChI is InChI=1S/C21H23ClF3N3OS/c22-18-17(13-1-3-15(23)4-2-13)30-19(27-18)14-7-11-28(12-8-14)20(29)26-16-5-9-21(24,25)10-6-16/h1-4,14,16H,5-12H2,(H,26,29). The summed E-state index contributed by atoms with van der Waals surface area (Å²) in [5, 5.41) is 4.25. The molecule has 1 N–H and O–H groups in total. The average molecular weight is 458 g/mol. The van der Waals surface area contributed by atoms with E-state index in [1.807, 2.05) is 0 Å². The Morgan fingerprint density at radius 2 is 1.77 bits per heavy atom. The molecule has 1 aromatic heterocycles. The number of halogens is 4. The van der Waals surface area contributed by atoms with Gasteiger partial charge in [-0.2, -0.15) is 0 Å². The highest BCUT2D eigenvalue weighted by molar-refractivity contribution is 7.15. The molecule has 0 bridgehead atoms. The zero-order chi connectivity index (χ0) is 21.3. The number of urea groups is 1. The SMILES string of the molecule is O=C(NC1CCC(F)(F)CC1)N1CCC(c2nc(Cl)c(-c3ccc(F)cc3)s2)CC1. The summed E-state index contributed by atoms with van der Waals surface area (Å²) in [6.07, 6.45) is 1.84. The van der Waals surface area contributed by atoms with Crippen LogP contribution >= 0.6 is 22.9 Å². The second kappa shape index (κ2) is 8.75. The van der Waals surface area contributed by atoms with Crippen molar-refractivity contribution in [1.29, 1.82) is 0 Å². The third kappa shape index (κ3) is 4.91. The molecule has 2 heterocycles. The summed E-state index contributed by atoms with van der Waals surface area (Å²) in [4.78, 5) is 19.6. The minimum atomic E-state index is -2.60. The highest BCUT2D eigenvalue weighted by Gasteiger charge is 2.36. The van der Waals surface area contributed by atoms with Crippen LogP contribution in [0, 0.1) is 5.82 Å². The van der Waals surface area contributed by atoms with Crippen LogP contribution in [0.4, 0.5) is 18.0 Å². The molecule has 1 aliphatic heterocycles. The number of likely N-dealkylation sites (tertiary alicyclic amines) is 1. The van der Waals surface area contributed by atoms with Gasteiger partial charge in [0.15, 0.2) is 0 Å². The van der Waals surface area contributed by atoms with Crippen molar-refractivity contribution in [3.8, 4) is 10.4 Å². The van der Waals surface area contributed by atoms with Gasteiger partial charge in [0, 0.05) is 37.9 Å². The fourth-order valence-corrected chi connectivity index (χ4v) is 5.55. The maximum absolute atomic E-state index is 13.3. The Labute approximate surface area is 182 Å². The van der Waals surface area contributed by atoms with Crippen LogP contribution in [-0.4, -0.2) is 41.0 Å². The van der Waals surface area contributed by atoms with Crippen LogP contribution in [-0.2, 0) is 0 Å². The Morgan fingerprint density at radius 3 is 2.40 bits per heavy atom. The number of rotatable bonds is 3. The van der Waals surface area contributed by atoms with E-state index < -0.39 is 5.92 Å². The Balaban J connectivity index is 1.32. The summed E-state index contributed by atoms with van der Waals surface area (Å²) in [7, 11) is 0. The zero-order valence-corrected chi connectivity index (χ0v) is 17.9. The number of hydrogen-bond donors (Lipinski definition) is 1. The van der Waals surface area contributed by atoms with Crippen LogP contribution in [0.15, 0.2) is 24.3 Å². The third-order valence-electron chi connectivity index (χ3n) is 5.88. The molecule has 0 spiro atoms. The number of nitrogens with zero attached hydrogens (tertiary/aromatic N) is 2. The summed E-state index contributed by atoms with van der Waals surface area (Å²) < 4.78 is 39.7. The molecule has 2 amide bonds. The quantitative estimate of drug-likeness (QED) is 0.608. The first-order valence-electron chi connectivity index (χ1n) is 10.2. The lowest BCUT2D eigenvalue weighted by molar-refractivity contribution is -0.0398. The van der Waals surface area contributed by atoms with Crippen LogP contribution in [0.2, 0.25) is 5.15 Å². The van der Waals surface area contributed by atoms with Crippen LogP contribution in [0.1, 0.15) is 49.5 Å². The fraction of sp³-hybridized carbons (Fsp3) is 0.524. The molecule has 4 nitrogen and oxygen atoms in total. The largest absolute Gasteiger partial charge is 0.335 e. The molecular formula is C21H23ClF3N3OS. The highest BCUT2D eigenvalue weighted by atomic mass is 35.5. The average Bonchev–Trinajstić information content (AvgIpc) is 3.12. The van der Waals surface area contributed by atoms with Crippen molar-refractivity contribution in [2.45, 2.75) is 56.4 Å². The third-order valence-corrected chi connectivity index (χ3v) is 7.54. The van der Waals surface area contributed by atoms with E-state index in [0.29, 0.717) is 31.1 Å². The molecule has 0 unspecified atom stereocenters. The molecule has 30 heavy (non-hydrogen) atoms. The van der Waals surface area contributed by atoms with Gasteiger partial charge in [-0.1, -0.05) is 23.7 Å². The van der Waals surface area contributed by atoms with Crippen molar-refractivity contribution >= 4 is 29.0 Å². The number of carbonyl (C=O) groups is 1. The first-order chi connectivity index (χ1) is 14.3. The smallest absolute Gasteiger partial charge is 0.317 e. The van der Waals surface area contributed by atoms with E-state index in [2.05, 4.69) is 10.3 Å². The molecule has 1 aromatic carbocycles. The van der Waals surface area contributed by atoms with Gasteiger partial charge in [0.25, 0.3) is 0 Å². The van der Waals surface area contributed by atoms with Crippen LogP contribution in [0.25, 0.3) is 10.4 Å². The first-order valence-corrected chi connectivity index (χ1v) is 11.4. The van der Waals surface area contributed by atoms with Gasteiger partial charge >= 0.3 is 6.03 Å². The molecule has 0 radical (unpaired) electrons. The zero-order valence-electron chi connectivity index (χ0n) is 16.3. The van der Waals surface area contributed by atoms with Gasteiger partial charge in [-0.3, -0.25) is 0 Å². The second-order valence-electron chi connectivity index (χ2n) is 8.02. The van der Waals surface area contributed by atoms with Crippen molar-refractivity contribution in [3.63, 3.8) is 0 Å². The fourth-order valence-electron chi connectivity index (χ4n) is 4.05. The van der Waals surface area contributed by atoms with Crippen LogP contribution < -0.4 is 5.32 Å². The van der Waals surface area contributed by atoms with Gasteiger partial charge in [-0.05, 0) is 43.4 Å². The van der Waals surface area contributed by atoms with Crippen molar-refractivity contribution < 1.29 is 18.0 Å². The molecule has 1 saturated heterocycles. The van der Waals surface area contributed by atoms with Gasteiger partial charge in [-0.25, -0.2) is 22.9 Å². The summed E-state index contributed by atoms with van der Waals surface area (Å²) in [5.41, 5.74) is 0.833. The van der Waals surface area contributed by atoms with Crippen molar-refractivity contribution in [3.05, 3.63) is 40.2 Å². The van der Waals surface area contributed by atoms with Gasteiger partial charge in [0.1, 0.15) is 11.0 Å². The summed E-state index contributed by atoms with van der Waals surface area (Å²) >= 11 is 7.83. The summed E-state index contributed by atoms with van der Waals surface area (Å²) in [5.74, 6) is -2.69. The second-order valence-corrected chi connectivity index (χ2v) is 9.41. The molecule has 0 atom stereocenters. The Bertz CT molecular complexity index is 887. The van der Waals surface area contributed by atoms with Crippen LogP contribution in [0.5, 0.6) is 0 Å². The van der Waals surface area contributed by atoms with Gasteiger partial charge in [0.05, 0.1) is 9.88 Å². The lowest BCUT2D eigenvalue weighted by atomic mass is 9.92. The van der Waals surface area contributed by atoms with Crippen molar-refractivity contribution in [2.75, 3.05) is 13.1 Å². The number of aromatic nitrogens is 1. The molecular weight excluding hydrogens is 435 g/mol. The molecule has 4 rings (SSSR count). The highest BCUT2D eigenvalue weighted by Crippen LogP contribution is 2.39. The topological polar surface area (TPSA) is 45.2 Å². The molecule has 9 heteroatoms. The van der Waals surface area contributed by atoms with Crippen molar-refractivity contribution in [1.82, 2.24) is 15.2 Å². The number of alkyl halides is 2. The normalized spacial score (nSPS) is 20.3. The number of nitrogens with one attached hydrogen (secondary N) is 1. The van der Waals surface area contributed by atoms with Crippen LogP contribution in [0.3, 0.4) is 0 Å². The monoisotopic (exact) mass is 457 g/mol. The molecule has 2 aliphatic rings. The number of hydrogen-bond acceptors (Lipinski definition) is 3. The van der Waals surface area contributed by atoms with E-state index in [0.717, 1.165) is 28.3 Å². The molecule has 1 aliphatic carbocycles. The Kier molecular flexibility index (Phi) is 6.25. The van der Waals surface area contributed by atoms with E-state index in [9.17, 15) is 18.0 Å². The lowest BCUT2D eigenvalue weighted by Gasteiger charge is -2.34. The lowest BCUT2D eigenvalue weighted by Crippen LogP contribution is -2.49. The van der Waals surface area contributed by atoms with Gasteiger partial charge in [-0.15, -0.1) is 11.3 Å². The number of benzene rings is 1. The molecule has 1 saturated carbocycles. The predicted octanol–water partition coefficient (Wildman–Crippen LogP) is 6.07. The Hall–Kier alpha value is -1.80. The van der Waals surface area contributed by atoms with E-state index in [-0.39, 0.29) is 36.6 Å². The van der Waals surface area contributed by atoms with E-state index in [1.54, 1.807) is 17.0 Å². The summed E-state index contributed by atoms with van der Waals surface area (Å²) in [6.45, 7) is 1.17. The number of thiazole rings is 1. The molecule has 2 fully saturated rings. The maximum Gasteiger partial charge on any atom is 0.317 e. The first kappa shape index (κ1) is 21.4. The van der Waals surface area contributed by atoms with E-state index in [1.165, 1.54) is 23.5 Å². The van der Waals surface area contributed by atoms with Crippen molar-refractivity contribution in [2.24, 2.45) is 0 Å². The molecule has 2 aromatic rings. The van der Waals surface area contributed by atoms with Gasteiger partial charge in [0.2, 0.25) is 5.92 Å². The molecule has 162 valence electrons. The Morgan fingerprint density at radius 1 is 1.13 bits per heavy atom. The number of carbonyl (C=O) groups excluding carboxylic acids is 1. The minimum absolute atomic E-state index is 0.165.